The molecule has 1 aromatic carbocycles. The lowest BCUT2D eigenvalue weighted by molar-refractivity contribution is -0.131. The highest BCUT2D eigenvalue weighted by Crippen LogP contribution is 2.20. The summed E-state index contributed by atoms with van der Waals surface area (Å²) < 4.78 is 13.6. The molecule has 2 amide bonds. The minimum Gasteiger partial charge on any atom is -0.368 e. The van der Waals surface area contributed by atoms with Gasteiger partial charge in [-0.05, 0) is 30.7 Å². The van der Waals surface area contributed by atoms with Gasteiger partial charge in [-0.25, -0.2) is 4.39 Å². The first-order chi connectivity index (χ1) is 13.1. The number of halogens is 1. The maximum Gasteiger partial charge on any atom is 0.254 e. The molecule has 1 N–H and O–H groups in total. The van der Waals surface area contributed by atoms with Crippen molar-refractivity contribution < 1.29 is 14.0 Å². The number of nitrogens with zero attached hydrogens (tertiary/aromatic N) is 3. The Morgan fingerprint density at radius 2 is 1.89 bits per heavy atom. The predicted molar refractivity (Wildman–Crippen MR) is 101 cm³/mol. The van der Waals surface area contributed by atoms with E-state index < -0.39 is 11.7 Å². The highest BCUT2D eigenvalue weighted by Gasteiger charge is 2.22. The second kappa shape index (κ2) is 8.62. The second-order valence-corrected chi connectivity index (χ2v) is 6.52. The average Bonchev–Trinajstić information content (AvgIpc) is 2.68. The summed E-state index contributed by atoms with van der Waals surface area (Å²) in [6.07, 6.45) is 3.82. The zero-order valence-electron chi connectivity index (χ0n) is 15.3. The van der Waals surface area contributed by atoms with E-state index in [-0.39, 0.29) is 24.4 Å². The van der Waals surface area contributed by atoms with Gasteiger partial charge < -0.3 is 15.1 Å². The van der Waals surface area contributed by atoms with Crippen molar-refractivity contribution >= 4 is 17.5 Å². The zero-order valence-corrected chi connectivity index (χ0v) is 15.3. The fraction of sp³-hybridized carbons (Fsp3) is 0.350. The highest BCUT2D eigenvalue weighted by molar-refractivity contribution is 5.94. The van der Waals surface area contributed by atoms with Crippen molar-refractivity contribution in [3.63, 3.8) is 0 Å². The van der Waals surface area contributed by atoms with Gasteiger partial charge in [0.05, 0.1) is 5.56 Å². The Balaban J connectivity index is 1.44. The maximum absolute atomic E-state index is 13.6. The topological polar surface area (TPSA) is 65.5 Å². The van der Waals surface area contributed by atoms with E-state index in [1.807, 2.05) is 24.1 Å². The molecule has 1 saturated heterocycles. The van der Waals surface area contributed by atoms with Crippen molar-refractivity contribution in [2.24, 2.45) is 0 Å². The molecule has 0 bridgehead atoms. The number of aromatic nitrogens is 1. The van der Waals surface area contributed by atoms with Crippen molar-refractivity contribution in [3.05, 3.63) is 59.7 Å². The number of hydrogen-bond acceptors (Lipinski definition) is 4. The van der Waals surface area contributed by atoms with Gasteiger partial charge in [0.1, 0.15) is 5.82 Å². The van der Waals surface area contributed by atoms with Gasteiger partial charge in [0.25, 0.3) is 5.91 Å². The van der Waals surface area contributed by atoms with Crippen LogP contribution < -0.4 is 10.2 Å². The van der Waals surface area contributed by atoms with Crippen molar-refractivity contribution in [3.8, 4) is 0 Å². The Labute approximate surface area is 158 Å². The van der Waals surface area contributed by atoms with Crippen molar-refractivity contribution in [2.45, 2.75) is 13.3 Å². The number of benzene rings is 1. The number of anilines is 1. The molecule has 0 aliphatic carbocycles. The lowest BCUT2D eigenvalue weighted by atomic mass is 10.2. The van der Waals surface area contributed by atoms with Crippen LogP contribution in [-0.2, 0) is 4.79 Å². The zero-order chi connectivity index (χ0) is 19.2. The Bertz CT molecular complexity index is 819. The minimum absolute atomic E-state index is 0.00469. The third-order valence-electron chi connectivity index (χ3n) is 4.71. The maximum atomic E-state index is 13.6. The summed E-state index contributed by atoms with van der Waals surface area (Å²) in [5, 5.41) is 2.61. The molecular weight excluding hydrogens is 347 g/mol. The number of rotatable bonds is 5. The summed E-state index contributed by atoms with van der Waals surface area (Å²) in [4.78, 5) is 32.5. The number of carbonyl (C=O) groups excluding carboxylic acids is 2. The van der Waals surface area contributed by atoms with Crippen LogP contribution in [0.4, 0.5) is 10.1 Å². The number of hydrogen-bond donors (Lipinski definition) is 1. The molecule has 0 atom stereocenters. The number of nitrogens with one attached hydrogen (secondary N) is 1. The van der Waals surface area contributed by atoms with E-state index in [0.717, 1.165) is 24.3 Å². The van der Waals surface area contributed by atoms with Gasteiger partial charge in [0.2, 0.25) is 5.91 Å². The van der Waals surface area contributed by atoms with Crippen molar-refractivity contribution in [2.75, 3.05) is 37.6 Å². The molecule has 1 aliphatic rings. The SMILES string of the molecule is Cc1cnccc1N1CCN(C(=O)CCNC(=O)c2ccccc2F)CC1. The smallest absolute Gasteiger partial charge is 0.254 e. The monoisotopic (exact) mass is 370 g/mol. The predicted octanol–water partition coefficient (Wildman–Crippen LogP) is 2.00. The van der Waals surface area contributed by atoms with E-state index in [9.17, 15) is 14.0 Å². The van der Waals surface area contributed by atoms with Crippen molar-refractivity contribution in [1.82, 2.24) is 15.2 Å². The number of aryl methyl sites for hydroxylation is 1. The average molecular weight is 370 g/mol. The molecule has 6 nitrogen and oxygen atoms in total. The first kappa shape index (κ1) is 18.8. The summed E-state index contributed by atoms with van der Waals surface area (Å²) >= 11 is 0. The summed E-state index contributed by atoms with van der Waals surface area (Å²) in [5.74, 6) is -1.07. The number of carbonyl (C=O) groups is 2. The summed E-state index contributed by atoms with van der Waals surface area (Å²) in [6, 6.07) is 7.79. The molecule has 2 aromatic rings. The Kier molecular flexibility index (Phi) is 6.01. The summed E-state index contributed by atoms with van der Waals surface area (Å²) in [7, 11) is 0. The molecule has 0 radical (unpaired) electrons. The molecule has 27 heavy (non-hydrogen) atoms. The molecule has 2 heterocycles. The summed E-state index contributed by atoms with van der Waals surface area (Å²) in [6.45, 7) is 5.02. The fourth-order valence-electron chi connectivity index (χ4n) is 3.20. The molecule has 7 heteroatoms. The van der Waals surface area contributed by atoms with Crippen LogP contribution in [0, 0.1) is 12.7 Å². The van der Waals surface area contributed by atoms with Gasteiger partial charge >= 0.3 is 0 Å². The van der Waals surface area contributed by atoms with Crippen LogP contribution in [0.25, 0.3) is 0 Å². The van der Waals surface area contributed by atoms with E-state index in [1.54, 1.807) is 12.3 Å². The van der Waals surface area contributed by atoms with Gasteiger partial charge in [0.15, 0.2) is 0 Å². The quantitative estimate of drug-likeness (QED) is 0.874. The first-order valence-corrected chi connectivity index (χ1v) is 9.02. The molecule has 1 aliphatic heterocycles. The third-order valence-corrected chi connectivity index (χ3v) is 4.71. The van der Waals surface area contributed by atoms with Crippen molar-refractivity contribution in [1.29, 1.82) is 0 Å². The molecule has 142 valence electrons. The Morgan fingerprint density at radius 3 is 2.59 bits per heavy atom. The number of pyridine rings is 1. The number of piperazine rings is 1. The largest absolute Gasteiger partial charge is 0.368 e. The van der Waals surface area contributed by atoms with Crippen LogP contribution in [0.5, 0.6) is 0 Å². The standard InChI is InChI=1S/C20H23FN4O2/c1-15-14-22-8-6-18(15)24-10-12-25(13-11-24)19(26)7-9-23-20(27)16-4-2-3-5-17(16)21/h2-6,8,14H,7,9-13H2,1H3,(H,23,27). The van der Waals surface area contributed by atoms with Crippen LogP contribution in [0.15, 0.2) is 42.7 Å². The lowest BCUT2D eigenvalue weighted by Crippen LogP contribution is -2.49. The van der Waals surface area contributed by atoms with E-state index in [4.69, 9.17) is 0 Å². The third kappa shape index (κ3) is 4.61. The fourth-order valence-corrected chi connectivity index (χ4v) is 3.20. The molecule has 0 spiro atoms. The van der Waals surface area contributed by atoms with Gasteiger partial charge in [-0.2, -0.15) is 0 Å². The van der Waals surface area contributed by atoms with E-state index in [1.165, 1.54) is 18.2 Å². The van der Waals surface area contributed by atoms with Gasteiger partial charge in [-0.1, -0.05) is 12.1 Å². The summed E-state index contributed by atoms with van der Waals surface area (Å²) in [5.41, 5.74) is 2.26. The molecule has 0 unspecified atom stereocenters. The Morgan fingerprint density at radius 1 is 1.15 bits per heavy atom. The van der Waals surface area contributed by atoms with Gasteiger partial charge in [-0.3, -0.25) is 14.6 Å². The highest BCUT2D eigenvalue weighted by atomic mass is 19.1. The van der Waals surface area contributed by atoms with E-state index in [2.05, 4.69) is 15.2 Å². The minimum atomic E-state index is -0.566. The second-order valence-electron chi connectivity index (χ2n) is 6.52. The molecule has 3 rings (SSSR count). The number of amides is 2. The van der Waals surface area contributed by atoms with Crippen LogP contribution in [0.2, 0.25) is 0 Å². The molecule has 1 aromatic heterocycles. The van der Waals surface area contributed by atoms with Crippen LogP contribution >= 0.6 is 0 Å². The van der Waals surface area contributed by atoms with E-state index in [0.29, 0.717) is 13.1 Å². The van der Waals surface area contributed by atoms with Gasteiger partial charge in [-0.15, -0.1) is 0 Å². The van der Waals surface area contributed by atoms with Gasteiger partial charge in [0, 0.05) is 57.2 Å². The lowest BCUT2D eigenvalue weighted by Gasteiger charge is -2.36. The van der Waals surface area contributed by atoms with Crippen LogP contribution in [0.3, 0.4) is 0 Å². The molecular formula is C20H23FN4O2. The molecule has 0 saturated carbocycles. The Hall–Kier alpha value is -2.96. The van der Waals surface area contributed by atoms with Crippen LogP contribution in [0.1, 0.15) is 22.3 Å². The van der Waals surface area contributed by atoms with E-state index >= 15 is 0 Å². The first-order valence-electron chi connectivity index (χ1n) is 9.02. The normalized spacial score (nSPS) is 14.1. The molecule has 1 fully saturated rings. The van der Waals surface area contributed by atoms with Crippen LogP contribution in [-0.4, -0.2) is 54.4 Å².